The number of ether oxygens (including phenoxy) is 1. The zero-order valence-corrected chi connectivity index (χ0v) is 15.8. The third-order valence-corrected chi connectivity index (χ3v) is 5.01. The van der Waals surface area contributed by atoms with E-state index in [0.29, 0.717) is 30.9 Å². The first kappa shape index (κ1) is 18.4. The maximum atomic E-state index is 14.7. The van der Waals surface area contributed by atoms with Gasteiger partial charge in [-0.25, -0.2) is 8.96 Å². The minimum absolute atomic E-state index is 0.000214. The molecule has 4 rings (SSSR count). The maximum Gasteiger partial charge on any atom is 0.193 e. The lowest BCUT2D eigenvalue weighted by Crippen LogP contribution is -2.26. The van der Waals surface area contributed by atoms with Gasteiger partial charge in [-0.15, -0.1) is 0 Å². The van der Waals surface area contributed by atoms with E-state index in [-0.39, 0.29) is 17.8 Å². The van der Waals surface area contributed by atoms with Gasteiger partial charge in [0, 0.05) is 41.6 Å². The number of nitrogens with two attached hydrogens (primary N) is 1. The Morgan fingerprint density at radius 3 is 2.93 bits per heavy atom. The van der Waals surface area contributed by atoms with Gasteiger partial charge in [-0.3, -0.25) is 0 Å². The molecule has 2 aromatic heterocycles. The Balaban J connectivity index is 1.50. The number of pyridine rings is 1. The highest BCUT2D eigenvalue weighted by Crippen LogP contribution is 2.18. The second kappa shape index (κ2) is 7.98. The number of oxime groups is 1. The molecule has 1 aliphatic heterocycles. The van der Waals surface area contributed by atoms with Crippen molar-refractivity contribution in [2.24, 2.45) is 17.9 Å². The second-order valence-electron chi connectivity index (χ2n) is 7.09. The number of hydrogen-bond acceptors (Lipinski definition) is 3. The minimum Gasteiger partial charge on any atom is -0.391 e. The summed E-state index contributed by atoms with van der Waals surface area (Å²) < 4.78 is 24.0. The van der Waals surface area contributed by atoms with E-state index >= 15 is 0 Å². The van der Waals surface area contributed by atoms with Gasteiger partial charge in [0.15, 0.2) is 18.2 Å². The molecule has 0 saturated carbocycles. The number of aryl methyl sites for hydroxylation is 1. The number of aromatic nitrogens is 2. The summed E-state index contributed by atoms with van der Waals surface area (Å²) in [4.78, 5) is 5.47. The van der Waals surface area contributed by atoms with Crippen molar-refractivity contribution in [1.82, 2.24) is 4.57 Å². The molecular weight excluding hydrogens is 359 g/mol. The highest BCUT2D eigenvalue weighted by molar-refractivity contribution is 5.97. The minimum atomic E-state index is -0.316. The van der Waals surface area contributed by atoms with Crippen molar-refractivity contribution in [2.75, 3.05) is 13.2 Å². The van der Waals surface area contributed by atoms with Crippen LogP contribution in [-0.2, 0) is 23.2 Å². The Hall–Kier alpha value is -2.93. The average Bonchev–Trinajstić information content (AvgIpc) is 3.10. The van der Waals surface area contributed by atoms with Gasteiger partial charge in [0.1, 0.15) is 24.5 Å². The largest absolute Gasteiger partial charge is 0.391 e. The second-order valence-corrected chi connectivity index (χ2v) is 7.09. The molecule has 2 N–H and O–H groups in total. The van der Waals surface area contributed by atoms with Crippen LogP contribution < -0.4 is 10.3 Å². The van der Waals surface area contributed by atoms with Crippen LogP contribution in [0.4, 0.5) is 4.39 Å². The molecule has 0 bridgehead atoms. The fraction of sp³-hybridized carbons (Fsp3) is 0.333. The first-order valence-electron chi connectivity index (χ1n) is 9.40. The summed E-state index contributed by atoms with van der Waals surface area (Å²) >= 11 is 0. The summed E-state index contributed by atoms with van der Waals surface area (Å²) in [6, 6.07) is 9.00. The third kappa shape index (κ3) is 3.99. The molecule has 0 atom stereocenters. The van der Waals surface area contributed by atoms with E-state index in [4.69, 9.17) is 15.3 Å². The molecule has 7 heteroatoms. The molecule has 1 fully saturated rings. The molecule has 0 aliphatic carbocycles. The van der Waals surface area contributed by atoms with Gasteiger partial charge in [-0.2, -0.15) is 0 Å². The SMILES string of the molecule is C[n+]1ccc2ccn(Cc3ccc(C(N)=NOC4CCOCC4)cc3F)c2c1. The molecule has 0 unspecified atom stereocenters. The zero-order chi connectivity index (χ0) is 19.5. The molecule has 1 saturated heterocycles. The normalized spacial score (nSPS) is 15.9. The van der Waals surface area contributed by atoms with Gasteiger partial charge >= 0.3 is 0 Å². The summed E-state index contributed by atoms with van der Waals surface area (Å²) in [5.74, 6) is -0.140. The molecule has 28 heavy (non-hydrogen) atoms. The van der Waals surface area contributed by atoms with E-state index in [2.05, 4.69) is 5.16 Å². The summed E-state index contributed by atoms with van der Waals surface area (Å²) in [6.45, 7) is 1.76. The smallest absolute Gasteiger partial charge is 0.193 e. The van der Waals surface area contributed by atoms with Crippen LogP contribution in [0.15, 0.2) is 54.1 Å². The first-order chi connectivity index (χ1) is 13.6. The van der Waals surface area contributed by atoms with Crippen LogP contribution in [-0.4, -0.2) is 29.7 Å². The molecule has 3 aromatic rings. The summed E-state index contributed by atoms with van der Waals surface area (Å²) in [6.07, 6.45) is 7.56. The van der Waals surface area contributed by atoms with Gasteiger partial charge in [0.2, 0.25) is 0 Å². The predicted molar refractivity (Wildman–Crippen MR) is 104 cm³/mol. The Labute approximate surface area is 163 Å². The summed E-state index contributed by atoms with van der Waals surface area (Å²) in [7, 11) is 1.97. The number of hydrogen-bond donors (Lipinski definition) is 1. The van der Waals surface area contributed by atoms with E-state index in [0.717, 1.165) is 23.7 Å². The monoisotopic (exact) mass is 383 g/mol. The fourth-order valence-electron chi connectivity index (χ4n) is 3.35. The molecule has 6 nitrogen and oxygen atoms in total. The lowest BCUT2D eigenvalue weighted by atomic mass is 10.1. The first-order valence-corrected chi connectivity index (χ1v) is 9.40. The molecule has 3 heterocycles. The van der Waals surface area contributed by atoms with Crippen LogP contribution in [0.3, 0.4) is 0 Å². The number of rotatable bonds is 5. The lowest BCUT2D eigenvalue weighted by Gasteiger charge is -2.20. The standard InChI is InChI=1S/C21H24FN4O2/c1-25-8-4-15-5-9-26(20(15)14-25)13-17-3-2-16(12-19(17)22)21(23)24-28-18-6-10-27-11-7-18/h2-5,8-9,12,14,18H,6-7,10-11,13H2,1H3,(H2,23,24)/q+1. The zero-order valence-electron chi connectivity index (χ0n) is 15.8. The van der Waals surface area contributed by atoms with Gasteiger partial charge in [-0.1, -0.05) is 17.3 Å². The highest BCUT2D eigenvalue weighted by atomic mass is 19.1. The topological polar surface area (TPSA) is 65.7 Å². The van der Waals surface area contributed by atoms with E-state index < -0.39 is 0 Å². The van der Waals surface area contributed by atoms with Crippen LogP contribution in [0.5, 0.6) is 0 Å². The summed E-state index contributed by atoms with van der Waals surface area (Å²) in [5.41, 5.74) is 8.13. The van der Waals surface area contributed by atoms with Crippen molar-refractivity contribution in [1.29, 1.82) is 0 Å². The summed E-state index contributed by atoms with van der Waals surface area (Å²) in [5, 5.41) is 5.10. The van der Waals surface area contributed by atoms with Crippen LogP contribution in [0.1, 0.15) is 24.0 Å². The third-order valence-electron chi connectivity index (χ3n) is 5.01. The number of halogens is 1. The number of nitrogens with zero attached hydrogens (tertiary/aromatic N) is 3. The van der Waals surface area contributed by atoms with Crippen molar-refractivity contribution in [3.63, 3.8) is 0 Å². The van der Waals surface area contributed by atoms with E-state index in [1.54, 1.807) is 12.1 Å². The van der Waals surface area contributed by atoms with Crippen molar-refractivity contribution in [3.05, 3.63) is 65.9 Å². The van der Waals surface area contributed by atoms with Crippen LogP contribution in [0.2, 0.25) is 0 Å². The van der Waals surface area contributed by atoms with Crippen LogP contribution in [0.25, 0.3) is 10.9 Å². The number of amidine groups is 1. The molecule has 1 aromatic carbocycles. The molecule has 0 radical (unpaired) electrons. The lowest BCUT2D eigenvalue weighted by molar-refractivity contribution is -0.670. The van der Waals surface area contributed by atoms with Gasteiger partial charge in [-0.05, 0) is 12.1 Å². The van der Waals surface area contributed by atoms with Gasteiger partial charge in [0.05, 0.1) is 19.8 Å². The van der Waals surface area contributed by atoms with E-state index in [1.807, 2.05) is 46.9 Å². The molecule has 0 spiro atoms. The Bertz CT molecular complexity index is 1010. The molecule has 0 amide bonds. The molecular formula is C21H24FN4O2+. The Kier molecular flexibility index (Phi) is 5.25. The van der Waals surface area contributed by atoms with Gasteiger partial charge in [0.25, 0.3) is 0 Å². The number of fused-ring (bicyclic) bond motifs is 1. The Morgan fingerprint density at radius 1 is 1.32 bits per heavy atom. The fourth-order valence-corrected chi connectivity index (χ4v) is 3.35. The van der Waals surface area contributed by atoms with Crippen molar-refractivity contribution < 1.29 is 18.5 Å². The van der Waals surface area contributed by atoms with Crippen molar-refractivity contribution in [2.45, 2.75) is 25.5 Å². The molecule has 146 valence electrons. The molecule has 1 aliphatic rings. The van der Waals surface area contributed by atoms with E-state index in [1.165, 1.54) is 6.07 Å². The Morgan fingerprint density at radius 2 is 2.14 bits per heavy atom. The van der Waals surface area contributed by atoms with Crippen molar-refractivity contribution >= 4 is 16.7 Å². The maximum absolute atomic E-state index is 14.7. The number of benzene rings is 1. The van der Waals surface area contributed by atoms with E-state index in [9.17, 15) is 4.39 Å². The predicted octanol–water partition coefficient (Wildman–Crippen LogP) is 2.47. The average molecular weight is 383 g/mol. The van der Waals surface area contributed by atoms with Crippen LogP contribution in [0, 0.1) is 5.82 Å². The van der Waals surface area contributed by atoms with Crippen LogP contribution >= 0.6 is 0 Å². The van der Waals surface area contributed by atoms with Gasteiger partial charge < -0.3 is 19.9 Å². The highest BCUT2D eigenvalue weighted by Gasteiger charge is 2.15. The van der Waals surface area contributed by atoms with Crippen molar-refractivity contribution in [3.8, 4) is 0 Å². The quantitative estimate of drug-likeness (QED) is 0.319.